The monoisotopic (exact) mass is 578 g/mol. The van der Waals surface area contributed by atoms with E-state index in [1.54, 1.807) is 54.6 Å². The maximum Gasteiger partial charge on any atom is 0.376 e. The highest BCUT2D eigenvalue weighted by Gasteiger charge is 2.28. The minimum Gasteiger partial charge on any atom is -0.455 e. The zero-order chi connectivity index (χ0) is 31.1. The molecule has 0 aromatic heterocycles. The van der Waals surface area contributed by atoms with E-state index in [-0.39, 0.29) is 37.5 Å². The van der Waals surface area contributed by atoms with Crippen molar-refractivity contribution in [3.05, 3.63) is 83.9 Å². The van der Waals surface area contributed by atoms with Crippen LogP contribution in [-0.2, 0) is 46.5 Å². The van der Waals surface area contributed by atoms with Crippen LogP contribution in [0.3, 0.4) is 0 Å². The molecule has 0 aliphatic rings. The maximum atomic E-state index is 13.3. The van der Waals surface area contributed by atoms with Gasteiger partial charge in [0.1, 0.15) is 18.7 Å². The second-order valence-corrected chi connectivity index (χ2v) is 10.2. The standard InChI is InChI=1S/C31H38N4O7/c1-20(2)15-24(29(39)32-17-26(36)31(41)42-19-23-13-9-6-10-14-23)35-30(40)25(16-22-11-7-5-8-12-22)34-27(37)18-33-28(38)21(3)4/h5-14,20,24-25H,3,15-19H2,1-2,4H3,(H,32,39)(H,33,38)(H,34,37)(H,35,40). The number of ketones is 1. The summed E-state index contributed by atoms with van der Waals surface area (Å²) in [6.45, 7) is 7.66. The van der Waals surface area contributed by atoms with Crippen molar-refractivity contribution in [3.8, 4) is 0 Å². The van der Waals surface area contributed by atoms with Gasteiger partial charge in [-0.15, -0.1) is 0 Å². The predicted molar refractivity (Wildman–Crippen MR) is 156 cm³/mol. The lowest BCUT2D eigenvalue weighted by atomic mass is 10.0. The highest BCUT2D eigenvalue weighted by Crippen LogP contribution is 2.08. The topological polar surface area (TPSA) is 160 Å². The molecule has 0 aliphatic carbocycles. The first kappa shape index (κ1) is 33.4. The van der Waals surface area contributed by atoms with Crippen LogP contribution in [0.15, 0.2) is 72.8 Å². The summed E-state index contributed by atoms with van der Waals surface area (Å²) in [4.78, 5) is 75.0. The summed E-state index contributed by atoms with van der Waals surface area (Å²) in [5.74, 6) is -4.46. The molecule has 11 nitrogen and oxygen atoms in total. The van der Waals surface area contributed by atoms with Crippen LogP contribution >= 0.6 is 0 Å². The third kappa shape index (κ3) is 12.2. The van der Waals surface area contributed by atoms with Crippen molar-refractivity contribution in [1.29, 1.82) is 0 Å². The highest BCUT2D eigenvalue weighted by molar-refractivity contribution is 6.34. The van der Waals surface area contributed by atoms with Crippen LogP contribution in [0, 0.1) is 5.92 Å². The highest BCUT2D eigenvalue weighted by atomic mass is 16.5. The first-order valence-electron chi connectivity index (χ1n) is 13.5. The fraction of sp³-hybridized carbons (Fsp3) is 0.355. The van der Waals surface area contributed by atoms with Gasteiger partial charge >= 0.3 is 5.97 Å². The molecule has 0 saturated carbocycles. The smallest absolute Gasteiger partial charge is 0.376 e. The van der Waals surface area contributed by atoms with Gasteiger partial charge in [-0.3, -0.25) is 24.0 Å². The molecule has 2 unspecified atom stereocenters. The quantitative estimate of drug-likeness (QED) is 0.133. The number of carbonyl (C=O) groups excluding carboxylic acids is 6. The number of carbonyl (C=O) groups is 6. The van der Waals surface area contributed by atoms with Crippen molar-refractivity contribution in [2.75, 3.05) is 13.1 Å². The number of rotatable bonds is 16. The van der Waals surface area contributed by atoms with Gasteiger partial charge in [-0.25, -0.2) is 4.79 Å². The lowest BCUT2D eigenvalue weighted by molar-refractivity contribution is -0.154. The minimum absolute atomic E-state index is 0.0212. The Hall–Kier alpha value is -4.80. The van der Waals surface area contributed by atoms with Gasteiger partial charge in [-0.05, 0) is 30.4 Å². The van der Waals surface area contributed by atoms with Crippen molar-refractivity contribution < 1.29 is 33.5 Å². The average Bonchev–Trinajstić information content (AvgIpc) is 2.97. The molecular formula is C31H38N4O7. The van der Waals surface area contributed by atoms with E-state index in [2.05, 4.69) is 27.8 Å². The maximum absolute atomic E-state index is 13.3. The molecule has 2 rings (SSSR count). The third-order valence-electron chi connectivity index (χ3n) is 5.94. The molecule has 224 valence electrons. The molecule has 0 saturated heterocycles. The molecule has 0 bridgehead atoms. The molecule has 2 aromatic rings. The molecule has 0 spiro atoms. The molecule has 4 N–H and O–H groups in total. The number of ether oxygens (including phenoxy) is 1. The Bertz CT molecular complexity index is 1260. The minimum atomic E-state index is -1.09. The van der Waals surface area contributed by atoms with Gasteiger partial charge in [-0.2, -0.15) is 0 Å². The number of Topliss-reactive ketones (excluding diaryl/α,β-unsaturated/α-hetero) is 1. The lowest BCUT2D eigenvalue weighted by Crippen LogP contribution is -2.56. The van der Waals surface area contributed by atoms with Crippen LogP contribution in [0.25, 0.3) is 0 Å². The number of amides is 4. The van der Waals surface area contributed by atoms with Gasteiger partial charge in [0.2, 0.25) is 23.6 Å². The first-order chi connectivity index (χ1) is 20.0. The summed E-state index contributed by atoms with van der Waals surface area (Å²) in [6.07, 6.45) is 0.347. The SMILES string of the molecule is C=C(C)C(=O)NCC(=O)NC(Cc1ccccc1)C(=O)NC(CC(C)C)C(=O)NCC(=O)C(=O)OCc1ccccc1. The summed E-state index contributed by atoms with van der Waals surface area (Å²) in [5, 5.41) is 10.1. The van der Waals surface area contributed by atoms with E-state index < -0.39 is 54.0 Å². The summed E-state index contributed by atoms with van der Waals surface area (Å²) in [7, 11) is 0. The van der Waals surface area contributed by atoms with Gasteiger partial charge in [0.15, 0.2) is 0 Å². The van der Waals surface area contributed by atoms with Gasteiger partial charge in [0.25, 0.3) is 5.78 Å². The Morgan fingerprint density at radius 3 is 1.93 bits per heavy atom. The number of nitrogens with one attached hydrogen (secondary N) is 4. The van der Waals surface area contributed by atoms with Gasteiger partial charge in [0.05, 0.1) is 13.1 Å². The fourth-order valence-electron chi connectivity index (χ4n) is 3.76. The van der Waals surface area contributed by atoms with E-state index in [9.17, 15) is 28.8 Å². The summed E-state index contributed by atoms with van der Waals surface area (Å²) in [5.41, 5.74) is 1.69. The third-order valence-corrected chi connectivity index (χ3v) is 5.94. The van der Waals surface area contributed by atoms with Crippen molar-refractivity contribution in [2.45, 2.75) is 52.3 Å². The Balaban J connectivity index is 2.04. The van der Waals surface area contributed by atoms with Crippen LogP contribution in [-0.4, -0.2) is 60.6 Å². The molecule has 0 heterocycles. The molecule has 4 amide bonds. The largest absolute Gasteiger partial charge is 0.455 e. The van der Waals surface area contributed by atoms with E-state index in [0.717, 1.165) is 5.56 Å². The van der Waals surface area contributed by atoms with Crippen LogP contribution in [0.1, 0.15) is 38.3 Å². The fourth-order valence-corrected chi connectivity index (χ4v) is 3.76. The number of esters is 1. The van der Waals surface area contributed by atoms with Crippen molar-refractivity contribution in [2.24, 2.45) is 5.92 Å². The number of hydrogen-bond acceptors (Lipinski definition) is 7. The van der Waals surface area contributed by atoms with E-state index >= 15 is 0 Å². The second kappa shape index (κ2) is 17.1. The molecule has 0 aliphatic heterocycles. The summed E-state index contributed by atoms with van der Waals surface area (Å²) >= 11 is 0. The van der Waals surface area contributed by atoms with Crippen LogP contribution in [0.5, 0.6) is 0 Å². The van der Waals surface area contributed by atoms with E-state index in [1.165, 1.54) is 6.92 Å². The van der Waals surface area contributed by atoms with Crippen LogP contribution in [0.2, 0.25) is 0 Å². The zero-order valence-electron chi connectivity index (χ0n) is 24.1. The van der Waals surface area contributed by atoms with E-state index in [4.69, 9.17) is 4.74 Å². The number of benzene rings is 2. The van der Waals surface area contributed by atoms with Gasteiger partial charge in [0, 0.05) is 12.0 Å². The van der Waals surface area contributed by atoms with Crippen LogP contribution < -0.4 is 21.3 Å². The molecule has 0 fully saturated rings. The molecule has 2 atom stereocenters. The second-order valence-electron chi connectivity index (χ2n) is 10.2. The van der Waals surface area contributed by atoms with E-state index in [1.807, 2.05) is 19.9 Å². The predicted octanol–water partition coefficient (Wildman–Crippen LogP) is 1.37. The molecule has 2 aromatic carbocycles. The zero-order valence-corrected chi connectivity index (χ0v) is 24.1. The molecule has 11 heteroatoms. The Morgan fingerprint density at radius 2 is 1.36 bits per heavy atom. The van der Waals surface area contributed by atoms with Crippen molar-refractivity contribution in [3.63, 3.8) is 0 Å². The number of hydrogen-bond donors (Lipinski definition) is 4. The lowest BCUT2D eigenvalue weighted by Gasteiger charge is -2.24. The normalized spacial score (nSPS) is 11.9. The van der Waals surface area contributed by atoms with Gasteiger partial charge in [-0.1, -0.05) is 81.1 Å². The Labute approximate surface area is 245 Å². The Kier molecular flexibility index (Phi) is 13.6. The summed E-state index contributed by atoms with van der Waals surface area (Å²) in [6, 6.07) is 15.7. The van der Waals surface area contributed by atoms with E-state index in [0.29, 0.717) is 5.56 Å². The van der Waals surface area contributed by atoms with Crippen molar-refractivity contribution >= 4 is 35.4 Å². The molecular weight excluding hydrogens is 540 g/mol. The first-order valence-corrected chi connectivity index (χ1v) is 13.5. The van der Waals surface area contributed by atoms with Crippen LogP contribution in [0.4, 0.5) is 0 Å². The van der Waals surface area contributed by atoms with Gasteiger partial charge < -0.3 is 26.0 Å². The van der Waals surface area contributed by atoms with Crippen molar-refractivity contribution in [1.82, 2.24) is 21.3 Å². The summed E-state index contributed by atoms with van der Waals surface area (Å²) < 4.78 is 5.00. The average molecular weight is 579 g/mol. The molecule has 42 heavy (non-hydrogen) atoms. The molecule has 0 radical (unpaired) electrons. The Morgan fingerprint density at radius 1 is 0.762 bits per heavy atom.